The molecule has 1 aromatic heterocycles. The third kappa shape index (κ3) is 3.80. The van der Waals surface area contributed by atoms with Crippen molar-refractivity contribution in [3.63, 3.8) is 0 Å². The highest BCUT2D eigenvalue weighted by Crippen LogP contribution is 2.18. The molecule has 1 heterocycles. The maximum atomic E-state index is 11.1. The van der Waals surface area contributed by atoms with Gasteiger partial charge in [-0.15, -0.1) is 0 Å². The summed E-state index contributed by atoms with van der Waals surface area (Å²) in [4.78, 5) is 15.0. The number of carbonyl (C=O) groups excluding carboxylic acids is 1. The highest BCUT2D eigenvalue weighted by molar-refractivity contribution is 5.70. The van der Waals surface area contributed by atoms with Crippen molar-refractivity contribution in [2.45, 2.75) is 25.6 Å². The second-order valence-electron chi connectivity index (χ2n) is 3.60. The molecule has 2 N–H and O–H groups in total. The van der Waals surface area contributed by atoms with Gasteiger partial charge in [-0.2, -0.15) is 5.26 Å². The van der Waals surface area contributed by atoms with E-state index in [1.807, 2.05) is 6.07 Å². The van der Waals surface area contributed by atoms with Gasteiger partial charge in [-0.05, 0) is 19.1 Å². The van der Waals surface area contributed by atoms with Gasteiger partial charge in [0.2, 0.25) is 0 Å². The van der Waals surface area contributed by atoms with Crippen molar-refractivity contribution in [3.8, 4) is 6.07 Å². The van der Waals surface area contributed by atoms with E-state index in [4.69, 9.17) is 5.26 Å². The summed E-state index contributed by atoms with van der Waals surface area (Å²) >= 11 is 0. The number of hydrogen-bond acceptors (Lipinski definition) is 6. The molecule has 0 saturated carbocycles. The predicted molar refractivity (Wildman–Crippen MR) is 61.2 cm³/mol. The van der Waals surface area contributed by atoms with Crippen LogP contribution in [0.5, 0.6) is 0 Å². The van der Waals surface area contributed by atoms with Crippen molar-refractivity contribution in [2.75, 3.05) is 6.61 Å². The van der Waals surface area contributed by atoms with E-state index in [-0.39, 0.29) is 18.7 Å². The summed E-state index contributed by atoms with van der Waals surface area (Å²) in [6.45, 7) is 1.86. The number of pyridine rings is 1. The van der Waals surface area contributed by atoms with Gasteiger partial charge in [0.05, 0.1) is 36.5 Å². The van der Waals surface area contributed by atoms with Gasteiger partial charge in [0.15, 0.2) is 0 Å². The van der Waals surface area contributed by atoms with Crippen LogP contribution < -0.4 is 0 Å². The van der Waals surface area contributed by atoms with Crippen molar-refractivity contribution < 1.29 is 19.7 Å². The molecule has 1 rings (SSSR count). The number of rotatable bonds is 5. The molecular weight excluding hydrogens is 236 g/mol. The third-order valence-electron chi connectivity index (χ3n) is 2.26. The summed E-state index contributed by atoms with van der Waals surface area (Å²) < 4.78 is 4.66. The summed E-state index contributed by atoms with van der Waals surface area (Å²) in [5.41, 5.74) is 0.466. The molecule has 0 aliphatic heterocycles. The quantitative estimate of drug-likeness (QED) is 0.728. The Hall–Kier alpha value is -1.97. The Morgan fingerprint density at radius 1 is 1.61 bits per heavy atom. The number of hydrogen-bond donors (Lipinski definition) is 2. The Bertz CT molecular complexity index is 456. The van der Waals surface area contributed by atoms with E-state index in [1.54, 1.807) is 6.92 Å². The highest BCUT2D eigenvalue weighted by Gasteiger charge is 2.23. The van der Waals surface area contributed by atoms with Crippen LogP contribution >= 0.6 is 0 Å². The van der Waals surface area contributed by atoms with Gasteiger partial charge < -0.3 is 14.9 Å². The van der Waals surface area contributed by atoms with E-state index in [2.05, 4.69) is 9.72 Å². The first-order valence-electron chi connectivity index (χ1n) is 5.46. The summed E-state index contributed by atoms with van der Waals surface area (Å²) in [7, 11) is 0. The Morgan fingerprint density at radius 3 is 2.94 bits per heavy atom. The normalized spacial score (nSPS) is 13.4. The molecule has 0 amide bonds. The van der Waals surface area contributed by atoms with Crippen molar-refractivity contribution >= 4 is 5.97 Å². The Kier molecular flexibility index (Phi) is 5.24. The summed E-state index contributed by atoms with van der Waals surface area (Å²) in [5.74, 6) is -0.597. The molecule has 96 valence electrons. The van der Waals surface area contributed by atoms with Crippen LogP contribution in [0, 0.1) is 11.3 Å². The molecule has 6 nitrogen and oxygen atoms in total. The van der Waals surface area contributed by atoms with Crippen molar-refractivity contribution in [1.82, 2.24) is 4.98 Å². The number of esters is 1. The van der Waals surface area contributed by atoms with E-state index in [0.717, 1.165) is 0 Å². The molecule has 0 aliphatic rings. The van der Waals surface area contributed by atoms with Gasteiger partial charge in [-0.25, -0.2) is 0 Å². The average molecular weight is 250 g/mol. The molecule has 0 saturated heterocycles. The number of nitrogens with zero attached hydrogens (tertiary/aromatic N) is 2. The molecule has 0 fully saturated rings. The first-order valence-corrected chi connectivity index (χ1v) is 5.46. The monoisotopic (exact) mass is 250 g/mol. The minimum absolute atomic E-state index is 0.144. The number of carbonyl (C=O) groups is 1. The van der Waals surface area contributed by atoms with Crippen LogP contribution in [-0.2, 0) is 9.53 Å². The second kappa shape index (κ2) is 6.69. The first-order chi connectivity index (χ1) is 8.58. The third-order valence-corrected chi connectivity index (χ3v) is 2.26. The molecule has 0 bridgehead atoms. The summed E-state index contributed by atoms with van der Waals surface area (Å²) in [5, 5.41) is 28.2. The number of aliphatic hydroxyl groups excluding tert-OH is 2. The standard InChI is InChI=1S/C12H14N2O4/c1-2-18-11(16)6-10(15)12(17)9-5-8(7-13)3-4-14-9/h3-5,10,12,15,17H,2,6H2,1H3. The molecule has 1 aromatic rings. The second-order valence-corrected chi connectivity index (χ2v) is 3.60. The first kappa shape index (κ1) is 14.1. The van der Waals surface area contributed by atoms with Crippen LogP contribution in [0.1, 0.15) is 30.7 Å². The maximum Gasteiger partial charge on any atom is 0.308 e. The smallest absolute Gasteiger partial charge is 0.308 e. The lowest BCUT2D eigenvalue weighted by atomic mass is 10.1. The minimum Gasteiger partial charge on any atom is -0.466 e. The fraction of sp³-hybridized carbons (Fsp3) is 0.417. The van der Waals surface area contributed by atoms with Gasteiger partial charge in [0.25, 0.3) is 0 Å². The van der Waals surface area contributed by atoms with E-state index >= 15 is 0 Å². The number of aromatic nitrogens is 1. The van der Waals surface area contributed by atoms with Gasteiger partial charge in [0.1, 0.15) is 6.10 Å². The van der Waals surface area contributed by atoms with Crippen LogP contribution in [0.4, 0.5) is 0 Å². The number of aliphatic hydroxyl groups is 2. The molecule has 2 atom stereocenters. The van der Waals surface area contributed by atoms with Crippen LogP contribution in [-0.4, -0.2) is 33.9 Å². The zero-order chi connectivity index (χ0) is 13.5. The van der Waals surface area contributed by atoms with Gasteiger partial charge >= 0.3 is 5.97 Å². The fourth-order valence-electron chi connectivity index (χ4n) is 1.38. The van der Waals surface area contributed by atoms with E-state index in [0.29, 0.717) is 5.56 Å². The molecule has 18 heavy (non-hydrogen) atoms. The van der Waals surface area contributed by atoms with Crippen molar-refractivity contribution in [1.29, 1.82) is 5.26 Å². The number of ether oxygens (including phenoxy) is 1. The molecule has 2 unspecified atom stereocenters. The van der Waals surface area contributed by atoms with E-state index < -0.39 is 18.2 Å². The molecule has 0 aromatic carbocycles. The largest absolute Gasteiger partial charge is 0.466 e. The lowest BCUT2D eigenvalue weighted by molar-refractivity contribution is -0.147. The predicted octanol–water partition coefficient (Wildman–Crippen LogP) is 0.301. The SMILES string of the molecule is CCOC(=O)CC(O)C(O)c1cc(C#N)ccn1. The van der Waals surface area contributed by atoms with Gasteiger partial charge in [-0.1, -0.05) is 0 Å². The topological polar surface area (TPSA) is 103 Å². The molecule has 0 radical (unpaired) electrons. The maximum absolute atomic E-state index is 11.1. The fourth-order valence-corrected chi connectivity index (χ4v) is 1.38. The summed E-state index contributed by atoms with van der Waals surface area (Å²) in [6.07, 6.45) is -1.62. The summed E-state index contributed by atoms with van der Waals surface area (Å²) in [6, 6.07) is 4.74. The van der Waals surface area contributed by atoms with E-state index in [1.165, 1.54) is 18.3 Å². The lowest BCUT2D eigenvalue weighted by Gasteiger charge is -2.16. The molecular formula is C12H14N2O4. The van der Waals surface area contributed by atoms with Crippen LogP contribution in [0.25, 0.3) is 0 Å². The number of nitriles is 1. The molecule has 0 aliphatic carbocycles. The van der Waals surface area contributed by atoms with Crippen molar-refractivity contribution in [2.24, 2.45) is 0 Å². The Labute approximate surface area is 104 Å². The lowest BCUT2D eigenvalue weighted by Crippen LogP contribution is -2.23. The van der Waals surface area contributed by atoms with E-state index in [9.17, 15) is 15.0 Å². The highest BCUT2D eigenvalue weighted by atomic mass is 16.5. The van der Waals surface area contributed by atoms with Crippen LogP contribution in [0.15, 0.2) is 18.3 Å². The van der Waals surface area contributed by atoms with Gasteiger partial charge in [-0.3, -0.25) is 9.78 Å². The zero-order valence-corrected chi connectivity index (χ0v) is 9.91. The minimum atomic E-state index is -1.33. The average Bonchev–Trinajstić information content (AvgIpc) is 2.38. The molecule has 0 spiro atoms. The zero-order valence-electron chi connectivity index (χ0n) is 9.91. The van der Waals surface area contributed by atoms with Crippen molar-refractivity contribution in [3.05, 3.63) is 29.6 Å². The van der Waals surface area contributed by atoms with Crippen LogP contribution in [0.3, 0.4) is 0 Å². The van der Waals surface area contributed by atoms with Gasteiger partial charge in [0, 0.05) is 6.20 Å². The Morgan fingerprint density at radius 2 is 2.33 bits per heavy atom. The molecule has 6 heteroatoms. The van der Waals surface area contributed by atoms with Crippen LogP contribution in [0.2, 0.25) is 0 Å². The Balaban J connectivity index is 2.71.